The Kier molecular flexibility index (Phi) is 3.35. The summed E-state index contributed by atoms with van der Waals surface area (Å²) in [6, 6.07) is 27.4. The fourth-order valence-corrected chi connectivity index (χ4v) is 2.89. The monoisotopic (exact) mass is 298 g/mol. The summed E-state index contributed by atoms with van der Waals surface area (Å²) in [6.45, 7) is 2.10. The van der Waals surface area contributed by atoms with Gasteiger partial charge in [-0.3, -0.25) is 10.1 Å². The molecule has 0 saturated carbocycles. The van der Waals surface area contributed by atoms with Crippen molar-refractivity contribution in [2.45, 2.75) is 6.92 Å². The van der Waals surface area contributed by atoms with Gasteiger partial charge in [-0.2, -0.15) is 0 Å². The molecule has 0 radical (unpaired) electrons. The van der Waals surface area contributed by atoms with Gasteiger partial charge >= 0.3 is 0 Å². The minimum atomic E-state index is 1.08. The molecule has 0 amide bonds. The molecule has 0 atom stereocenters. The van der Waals surface area contributed by atoms with Crippen molar-refractivity contribution >= 4 is 16.6 Å². The highest BCUT2D eigenvalue weighted by Crippen LogP contribution is 2.30. The summed E-state index contributed by atoms with van der Waals surface area (Å²) in [6.07, 6.45) is 2.17. The number of hydrogen-bond acceptors (Lipinski definition) is 1. The van der Waals surface area contributed by atoms with Gasteiger partial charge in [0, 0.05) is 17.1 Å². The van der Waals surface area contributed by atoms with Gasteiger partial charge in [-0.25, -0.2) is 0 Å². The predicted octanol–water partition coefficient (Wildman–Crippen LogP) is 5.49. The van der Waals surface area contributed by atoms with Gasteiger partial charge in [0.25, 0.3) is 0 Å². The zero-order valence-electron chi connectivity index (χ0n) is 13.0. The van der Waals surface area contributed by atoms with E-state index in [1.54, 1.807) is 0 Å². The maximum atomic E-state index is 3.48. The number of benzene rings is 3. The van der Waals surface area contributed by atoms with Crippen LogP contribution < -0.4 is 5.43 Å². The Bertz CT molecular complexity index is 935. The van der Waals surface area contributed by atoms with Crippen LogP contribution in [0.5, 0.6) is 0 Å². The van der Waals surface area contributed by atoms with Crippen LogP contribution in [0.4, 0.5) is 5.69 Å². The Morgan fingerprint density at radius 3 is 2.22 bits per heavy atom. The topological polar surface area (TPSA) is 17.0 Å². The number of aryl methyl sites for hydroxylation is 1. The molecular formula is C21H18N2. The molecule has 0 fully saturated rings. The molecule has 0 spiro atoms. The highest BCUT2D eigenvalue weighted by Gasteiger charge is 2.09. The van der Waals surface area contributed by atoms with Gasteiger partial charge < -0.3 is 0 Å². The van der Waals surface area contributed by atoms with Crippen molar-refractivity contribution in [1.29, 1.82) is 0 Å². The molecule has 0 aliphatic rings. The highest BCUT2D eigenvalue weighted by atomic mass is 15.4. The van der Waals surface area contributed by atoms with Crippen LogP contribution in [0.3, 0.4) is 0 Å². The summed E-state index contributed by atoms with van der Waals surface area (Å²) in [5, 5.41) is 1.25. The van der Waals surface area contributed by atoms with E-state index in [9.17, 15) is 0 Å². The lowest BCUT2D eigenvalue weighted by atomic mass is 10.1. The smallest absolute Gasteiger partial charge is 0.0702 e. The molecule has 112 valence electrons. The molecule has 1 heterocycles. The minimum Gasteiger partial charge on any atom is -0.294 e. The molecule has 4 rings (SSSR count). The summed E-state index contributed by atoms with van der Waals surface area (Å²) >= 11 is 0. The number of anilines is 1. The van der Waals surface area contributed by atoms with Gasteiger partial charge in [-0.1, -0.05) is 66.2 Å². The summed E-state index contributed by atoms with van der Waals surface area (Å²) < 4.78 is 2.10. The number of fused-ring (bicyclic) bond motifs is 1. The molecule has 2 nitrogen and oxygen atoms in total. The Morgan fingerprint density at radius 2 is 1.43 bits per heavy atom. The molecule has 0 aliphatic heterocycles. The van der Waals surface area contributed by atoms with Crippen LogP contribution in [0.15, 0.2) is 85.1 Å². The van der Waals surface area contributed by atoms with Gasteiger partial charge in [0.2, 0.25) is 0 Å². The van der Waals surface area contributed by atoms with Crippen LogP contribution in [0.1, 0.15) is 5.56 Å². The van der Waals surface area contributed by atoms with Crippen molar-refractivity contribution in [3.05, 3.63) is 90.6 Å². The fraction of sp³-hybridized carbons (Fsp3) is 0.0476. The van der Waals surface area contributed by atoms with Crippen LogP contribution in [0, 0.1) is 6.92 Å². The third-order valence-electron chi connectivity index (χ3n) is 4.10. The van der Waals surface area contributed by atoms with E-state index in [1.807, 2.05) is 6.07 Å². The molecule has 0 aliphatic carbocycles. The first-order valence-corrected chi connectivity index (χ1v) is 7.80. The van der Waals surface area contributed by atoms with E-state index in [4.69, 9.17) is 0 Å². The average Bonchev–Trinajstić information content (AvgIpc) is 2.97. The number of nitrogens with one attached hydrogen (secondary N) is 1. The first-order chi connectivity index (χ1) is 11.3. The first kappa shape index (κ1) is 13.6. The van der Waals surface area contributed by atoms with Crippen LogP contribution in [0.25, 0.3) is 22.0 Å². The molecule has 2 heteroatoms. The van der Waals surface area contributed by atoms with Crippen molar-refractivity contribution in [2.24, 2.45) is 0 Å². The number of para-hydroxylation sites is 1. The Morgan fingerprint density at radius 1 is 0.739 bits per heavy atom. The number of aromatic nitrogens is 1. The molecule has 0 saturated heterocycles. The first-order valence-electron chi connectivity index (χ1n) is 7.80. The normalized spacial score (nSPS) is 10.8. The zero-order valence-corrected chi connectivity index (χ0v) is 13.0. The maximum Gasteiger partial charge on any atom is 0.0702 e. The highest BCUT2D eigenvalue weighted by molar-refractivity contribution is 5.96. The maximum absolute atomic E-state index is 3.48. The third kappa shape index (κ3) is 2.59. The predicted molar refractivity (Wildman–Crippen MR) is 97.6 cm³/mol. The van der Waals surface area contributed by atoms with Crippen LogP contribution in [-0.2, 0) is 0 Å². The molecule has 4 aromatic rings. The van der Waals surface area contributed by atoms with Crippen molar-refractivity contribution in [2.75, 3.05) is 5.43 Å². The SMILES string of the molecule is Cc1ccc(Nn2cc(-c3ccccc3)c3ccccc32)cc1. The van der Waals surface area contributed by atoms with Crippen molar-refractivity contribution in [3.8, 4) is 11.1 Å². The van der Waals surface area contributed by atoms with Crippen LogP contribution >= 0.6 is 0 Å². The number of nitrogens with zero attached hydrogens (tertiary/aromatic N) is 1. The minimum absolute atomic E-state index is 1.08. The summed E-state index contributed by atoms with van der Waals surface area (Å²) in [4.78, 5) is 0. The molecule has 0 bridgehead atoms. The Hall–Kier alpha value is -3.00. The van der Waals surface area contributed by atoms with Gasteiger partial charge in [0.1, 0.15) is 0 Å². The van der Waals surface area contributed by atoms with Crippen LogP contribution in [-0.4, -0.2) is 4.68 Å². The van der Waals surface area contributed by atoms with Crippen molar-refractivity contribution in [3.63, 3.8) is 0 Å². The van der Waals surface area contributed by atoms with Crippen LogP contribution in [0.2, 0.25) is 0 Å². The van der Waals surface area contributed by atoms with E-state index < -0.39 is 0 Å². The van der Waals surface area contributed by atoms with E-state index in [1.165, 1.54) is 27.6 Å². The largest absolute Gasteiger partial charge is 0.294 e. The second-order valence-corrected chi connectivity index (χ2v) is 5.77. The van der Waals surface area contributed by atoms with Gasteiger partial charge in [-0.05, 0) is 30.7 Å². The van der Waals surface area contributed by atoms with Gasteiger partial charge in [0.05, 0.1) is 11.2 Å². The molecule has 1 N–H and O–H groups in total. The average molecular weight is 298 g/mol. The summed E-state index contributed by atoms with van der Waals surface area (Å²) in [5.41, 5.74) is 9.46. The molecular weight excluding hydrogens is 280 g/mol. The Labute approximate surface area is 136 Å². The lowest BCUT2D eigenvalue weighted by Gasteiger charge is -2.09. The van der Waals surface area contributed by atoms with Gasteiger partial charge in [0.15, 0.2) is 0 Å². The molecule has 0 unspecified atom stereocenters. The second kappa shape index (κ2) is 5.65. The van der Waals surface area contributed by atoms with Gasteiger partial charge in [-0.15, -0.1) is 0 Å². The molecule has 3 aromatic carbocycles. The van der Waals surface area contributed by atoms with E-state index in [0.717, 1.165) is 5.69 Å². The standard InChI is InChI=1S/C21H18N2/c1-16-11-13-18(14-12-16)22-23-15-20(17-7-3-2-4-8-17)19-9-5-6-10-21(19)23/h2-15,22H,1H3. The fourth-order valence-electron chi connectivity index (χ4n) is 2.89. The number of hydrogen-bond donors (Lipinski definition) is 1. The summed E-state index contributed by atoms with van der Waals surface area (Å²) in [5.74, 6) is 0. The van der Waals surface area contributed by atoms with E-state index >= 15 is 0 Å². The zero-order chi connectivity index (χ0) is 15.6. The lowest BCUT2D eigenvalue weighted by molar-refractivity contribution is 1.01. The lowest BCUT2D eigenvalue weighted by Crippen LogP contribution is -2.06. The van der Waals surface area contributed by atoms with E-state index in [2.05, 4.69) is 96.0 Å². The quantitative estimate of drug-likeness (QED) is 0.529. The van der Waals surface area contributed by atoms with E-state index in [0.29, 0.717) is 0 Å². The Balaban J connectivity index is 1.83. The van der Waals surface area contributed by atoms with E-state index in [-0.39, 0.29) is 0 Å². The number of rotatable bonds is 3. The van der Waals surface area contributed by atoms with Crippen molar-refractivity contribution < 1.29 is 0 Å². The third-order valence-corrected chi connectivity index (χ3v) is 4.10. The second-order valence-electron chi connectivity index (χ2n) is 5.77. The molecule has 1 aromatic heterocycles. The molecule has 23 heavy (non-hydrogen) atoms. The summed E-state index contributed by atoms with van der Waals surface area (Å²) in [7, 11) is 0. The van der Waals surface area contributed by atoms with Crippen molar-refractivity contribution in [1.82, 2.24) is 4.68 Å².